The van der Waals surface area contributed by atoms with Gasteiger partial charge in [0.1, 0.15) is 5.82 Å². The lowest BCUT2D eigenvalue weighted by Gasteiger charge is -2.31. The molecule has 1 aromatic heterocycles. The smallest absolute Gasteiger partial charge is 0.123 e. The first kappa shape index (κ1) is 13.2. The van der Waals surface area contributed by atoms with Crippen LogP contribution in [-0.2, 0) is 6.42 Å². The third-order valence-electron chi connectivity index (χ3n) is 4.03. The molecular formula is C16H18FN3. The first-order valence-corrected chi connectivity index (χ1v) is 6.95. The largest absolute Gasteiger partial charge is 0.271 e. The molecule has 0 saturated heterocycles. The number of hydrazine groups is 1. The molecule has 0 spiro atoms. The Labute approximate surface area is 118 Å². The minimum absolute atomic E-state index is 0.111. The van der Waals surface area contributed by atoms with Gasteiger partial charge in [-0.2, -0.15) is 0 Å². The molecule has 2 unspecified atom stereocenters. The molecule has 2 aromatic rings. The Morgan fingerprint density at radius 2 is 2.20 bits per heavy atom. The summed E-state index contributed by atoms with van der Waals surface area (Å²) >= 11 is 0. The minimum atomic E-state index is -0.236. The van der Waals surface area contributed by atoms with Crippen LogP contribution in [0.4, 0.5) is 4.39 Å². The van der Waals surface area contributed by atoms with Crippen LogP contribution in [0, 0.1) is 5.82 Å². The van der Waals surface area contributed by atoms with Gasteiger partial charge in [-0.05, 0) is 48.6 Å². The van der Waals surface area contributed by atoms with E-state index in [1.807, 2.05) is 18.3 Å². The zero-order valence-electron chi connectivity index (χ0n) is 11.2. The summed E-state index contributed by atoms with van der Waals surface area (Å²) in [5, 5.41) is 0. The second-order valence-electron chi connectivity index (χ2n) is 5.25. The Morgan fingerprint density at radius 3 is 3.00 bits per heavy atom. The van der Waals surface area contributed by atoms with Crippen molar-refractivity contribution in [3.8, 4) is 0 Å². The van der Waals surface area contributed by atoms with Crippen molar-refractivity contribution in [2.45, 2.75) is 31.2 Å². The summed E-state index contributed by atoms with van der Waals surface area (Å²) in [6.07, 6.45) is 4.99. The van der Waals surface area contributed by atoms with Gasteiger partial charge in [-0.3, -0.25) is 16.3 Å². The van der Waals surface area contributed by atoms with Crippen LogP contribution >= 0.6 is 0 Å². The Morgan fingerprint density at radius 1 is 1.30 bits per heavy atom. The number of halogens is 1. The summed E-state index contributed by atoms with van der Waals surface area (Å²) in [7, 11) is 0. The van der Waals surface area contributed by atoms with E-state index < -0.39 is 0 Å². The van der Waals surface area contributed by atoms with Crippen molar-refractivity contribution in [1.82, 2.24) is 10.4 Å². The highest BCUT2D eigenvalue weighted by atomic mass is 19.1. The summed E-state index contributed by atoms with van der Waals surface area (Å²) in [6.45, 7) is 0. The van der Waals surface area contributed by atoms with Gasteiger partial charge in [-0.15, -0.1) is 0 Å². The van der Waals surface area contributed by atoms with Gasteiger partial charge in [0.05, 0.1) is 6.04 Å². The monoisotopic (exact) mass is 271 g/mol. The van der Waals surface area contributed by atoms with E-state index in [2.05, 4.69) is 16.5 Å². The number of benzene rings is 1. The maximum Gasteiger partial charge on any atom is 0.123 e. The summed E-state index contributed by atoms with van der Waals surface area (Å²) in [4.78, 5) is 4.53. The summed E-state index contributed by atoms with van der Waals surface area (Å²) in [6, 6.07) is 10.6. The quantitative estimate of drug-likeness (QED) is 0.666. The Hall–Kier alpha value is -1.78. The molecule has 0 saturated carbocycles. The third-order valence-corrected chi connectivity index (χ3v) is 4.03. The maximum absolute atomic E-state index is 13.4. The van der Waals surface area contributed by atoms with Crippen molar-refractivity contribution >= 4 is 0 Å². The molecule has 0 aliphatic heterocycles. The molecule has 3 rings (SSSR count). The van der Waals surface area contributed by atoms with Crippen molar-refractivity contribution in [3.05, 3.63) is 65.2 Å². The number of aromatic nitrogens is 1. The molecule has 2 atom stereocenters. The number of rotatable bonds is 3. The number of nitrogens with two attached hydrogens (primary N) is 1. The first-order chi connectivity index (χ1) is 9.79. The highest BCUT2D eigenvalue weighted by molar-refractivity contribution is 5.31. The normalized spacial score (nSPS) is 19.4. The molecule has 0 fully saturated rings. The lowest BCUT2D eigenvalue weighted by Crippen LogP contribution is -2.34. The van der Waals surface area contributed by atoms with Crippen LogP contribution in [0.25, 0.3) is 0 Å². The fraction of sp³-hybridized carbons (Fsp3) is 0.312. The van der Waals surface area contributed by atoms with Crippen LogP contribution < -0.4 is 11.3 Å². The Balaban J connectivity index is 1.99. The second kappa shape index (κ2) is 5.69. The molecule has 1 aliphatic rings. The number of pyridine rings is 1. The van der Waals surface area contributed by atoms with Crippen LogP contribution in [0.15, 0.2) is 42.6 Å². The molecule has 0 amide bonds. The lowest BCUT2D eigenvalue weighted by molar-refractivity contribution is 0.398. The van der Waals surface area contributed by atoms with E-state index in [-0.39, 0.29) is 17.8 Å². The molecule has 3 N–H and O–H groups in total. The summed E-state index contributed by atoms with van der Waals surface area (Å²) in [5.41, 5.74) is 6.09. The molecule has 4 heteroatoms. The molecular weight excluding hydrogens is 253 g/mol. The topological polar surface area (TPSA) is 50.9 Å². The van der Waals surface area contributed by atoms with Crippen molar-refractivity contribution in [1.29, 1.82) is 0 Å². The zero-order valence-corrected chi connectivity index (χ0v) is 11.2. The maximum atomic E-state index is 13.4. The van der Waals surface area contributed by atoms with Gasteiger partial charge in [0.25, 0.3) is 0 Å². The van der Waals surface area contributed by atoms with Crippen molar-refractivity contribution in [2.75, 3.05) is 0 Å². The van der Waals surface area contributed by atoms with Crippen molar-refractivity contribution in [2.24, 2.45) is 5.84 Å². The zero-order chi connectivity index (χ0) is 13.9. The predicted molar refractivity (Wildman–Crippen MR) is 76.4 cm³/mol. The van der Waals surface area contributed by atoms with Gasteiger partial charge in [0.15, 0.2) is 0 Å². The number of aryl methyl sites for hydroxylation is 1. The number of hydrogen-bond donors (Lipinski definition) is 2. The van der Waals surface area contributed by atoms with E-state index in [0.29, 0.717) is 0 Å². The molecule has 1 aromatic carbocycles. The molecule has 3 nitrogen and oxygen atoms in total. The fourth-order valence-corrected chi connectivity index (χ4v) is 3.11. The molecule has 1 aliphatic carbocycles. The van der Waals surface area contributed by atoms with Crippen LogP contribution in [0.2, 0.25) is 0 Å². The van der Waals surface area contributed by atoms with Crippen LogP contribution in [0.1, 0.15) is 41.6 Å². The van der Waals surface area contributed by atoms with E-state index in [1.165, 1.54) is 11.6 Å². The lowest BCUT2D eigenvalue weighted by atomic mass is 9.80. The van der Waals surface area contributed by atoms with Gasteiger partial charge in [-0.25, -0.2) is 4.39 Å². The van der Waals surface area contributed by atoms with Gasteiger partial charge in [0.2, 0.25) is 0 Å². The SMILES string of the molecule is NNC(c1cccc(F)c1)C1CCCc2cccnc21. The van der Waals surface area contributed by atoms with E-state index in [1.54, 1.807) is 12.1 Å². The first-order valence-electron chi connectivity index (χ1n) is 6.95. The number of hydrogen-bond acceptors (Lipinski definition) is 3. The molecule has 104 valence electrons. The van der Waals surface area contributed by atoms with E-state index >= 15 is 0 Å². The van der Waals surface area contributed by atoms with E-state index in [4.69, 9.17) is 5.84 Å². The standard InChI is InChI=1S/C16H18FN3/c17-13-7-1-5-12(10-13)16(20-18)14-8-2-4-11-6-3-9-19-15(11)14/h1,3,5-7,9-10,14,16,20H,2,4,8,18H2. The molecule has 20 heavy (non-hydrogen) atoms. The van der Waals surface area contributed by atoms with E-state index in [0.717, 1.165) is 30.5 Å². The highest BCUT2D eigenvalue weighted by Crippen LogP contribution is 2.38. The van der Waals surface area contributed by atoms with Gasteiger partial charge < -0.3 is 0 Å². The number of fused-ring (bicyclic) bond motifs is 1. The number of nitrogens with zero attached hydrogens (tertiary/aromatic N) is 1. The average Bonchev–Trinajstić information content (AvgIpc) is 2.48. The molecule has 0 bridgehead atoms. The van der Waals surface area contributed by atoms with Gasteiger partial charge >= 0.3 is 0 Å². The van der Waals surface area contributed by atoms with Gasteiger partial charge in [0, 0.05) is 17.8 Å². The Kier molecular flexibility index (Phi) is 3.76. The van der Waals surface area contributed by atoms with Crippen molar-refractivity contribution < 1.29 is 4.39 Å². The Bertz CT molecular complexity index is 600. The van der Waals surface area contributed by atoms with Crippen LogP contribution in [-0.4, -0.2) is 4.98 Å². The summed E-state index contributed by atoms with van der Waals surface area (Å²) in [5.74, 6) is 5.69. The third kappa shape index (κ3) is 2.44. The number of nitrogens with one attached hydrogen (secondary N) is 1. The highest BCUT2D eigenvalue weighted by Gasteiger charge is 2.29. The average molecular weight is 271 g/mol. The molecule has 1 heterocycles. The van der Waals surface area contributed by atoms with Crippen LogP contribution in [0.3, 0.4) is 0 Å². The summed E-state index contributed by atoms with van der Waals surface area (Å²) < 4.78 is 13.4. The van der Waals surface area contributed by atoms with Gasteiger partial charge in [-0.1, -0.05) is 18.2 Å². The van der Waals surface area contributed by atoms with Crippen molar-refractivity contribution in [3.63, 3.8) is 0 Å². The predicted octanol–water partition coefficient (Wildman–Crippen LogP) is 2.85. The second-order valence-corrected chi connectivity index (χ2v) is 5.25. The van der Waals surface area contributed by atoms with E-state index in [9.17, 15) is 4.39 Å². The van der Waals surface area contributed by atoms with Crippen LogP contribution in [0.5, 0.6) is 0 Å². The molecule has 0 radical (unpaired) electrons. The fourth-order valence-electron chi connectivity index (χ4n) is 3.11. The minimum Gasteiger partial charge on any atom is -0.271 e.